The Morgan fingerprint density at radius 2 is 1.95 bits per heavy atom. The van der Waals surface area contributed by atoms with Gasteiger partial charge in [-0.05, 0) is 48.8 Å². The van der Waals surface area contributed by atoms with Crippen molar-refractivity contribution in [2.24, 2.45) is 11.8 Å². The number of hydrogen-bond acceptors (Lipinski definition) is 9. The van der Waals surface area contributed by atoms with Gasteiger partial charge in [0, 0.05) is 32.2 Å². The third kappa shape index (κ3) is 8.44. The second-order valence-electron chi connectivity index (χ2n) is 11.2. The van der Waals surface area contributed by atoms with Crippen LogP contribution in [0.25, 0.3) is 0 Å². The van der Waals surface area contributed by atoms with Gasteiger partial charge in [-0.15, -0.1) is 4.83 Å². The molecule has 12 nitrogen and oxygen atoms in total. The quantitative estimate of drug-likeness (QED) is 0.229. The highest BCUT2D eigenvalue weighted by molar-refractivity contribution is 7.89. The number of ether oxygens (including phenoxy) is 2. The first-order chi connectivity index (χ1) is 19.9. The number of aliphatic hydroxyl groups excluding tert-OH is 1. The lowest BCUT2D eigenvalue weighted by Gasteiger charge is -2.31. The number of fused-ring (bicyclic) bond motifs is 1. The molecular weight excluding hydrogens is 571 g/mol. The van der Waals surface area contributed by atoms with Crippen molar-refractivity contribution in [2.45, 2.75) is 68.8 Å². The summed E-state index contributed by atoms with van der Waals surface area (Å²) in [5, 5.41) is 26.5. The number of alkyl carbamates (subject to hydrolysis) is 1. The van der Waals surface area contributed by atoms with Crippen LogP contribution in [-0.4, -0.2) is 73.6 Å². The largest absolute Gasteiger partial charge is 0.446 e. The Morgan fingerprint density at radius 3 is 2.62 bits per heavy atom. The zero-order valence-corrected chi connectivity index (χ0v) is 24.3. The highest BCUT2D eigenvalue weighted by Crippen LogP contribution is 2.37. The Morgan fingerprint density at radius 1 is 1.21 bits per heavy atom. The Balaban J connectivity index is 1.48. The highest BCUT2D eigenvalue weighted by atomic mass is 32.2. The van der Waals surface area contributed by atoms with Crippen molar-refractivity contribution >= 4 is 21.8 Å². The fraction of sp³-hybridized carbons (Fsp3) is 0.536. The van der Waals surface area contributed by atoms with Crippen molar-refractivity contribution in [3.05, 3.63) is 70.0 Å². The van der Waals surface area contributed by atoms with Crippen molar-refractivity contribution in [3.8, 4) is 0 Å². The first-order valence-electron chi connectivity index (χ1n) is 13.9. The summed E-state index contributed by atoms with van der Waals surface area (Å²) in [5.41, 5.74) is -0.142. The Kier molecular flexibility index (Phi) is 10.5. The lowest BCUT2D eigenvalue weighted by molar-refractivity contribution is -0.387. The number of benzene rings is 2. The van der Waals surface area contributed by atoms with Crippen molar-refractivity contribution < 1.29 is 37.1 Å². The molecule has 0 radical (unpaired) electrons. The van der Waals surface area contributed by atoms with E-state index in [1.54, 1.807) is 0 Å². The van der Waals surface area contributed by atoms with Gasteiger partial charge in [-0.3, -0.25) is 10.1 Å². The molecule has 4 rings (SSSR count). The molecule has 0 aromatic heterocycles. The normalized spacial score (nSPS) is 21.7. The lowest BCUT2D eigenvalue weighted by Crippen LogP contribution is -2.54. The minimum Gasteiger partial charge on any atom is -0.446 e. The van der Waals surface area contributed by atoms with Crippen LogP contribution < -0.4 is 10.1 Å². The molecule has 1 aliphatic heterocycles. The van der Waals surface area contributed by atoms with Gasteiger partial charge < -0.3 is 19.9 Å². The molecule has 2 aromatic rings. The SMILES string of the molecule is CC(C)CN(C[C@@H](O)[C@H](Cc1ccccc1)NC(=O)O[C@@H]1C[C@@H]2CCO[C@@H]2C1)NS(=O)(=O)c1ccc(F)c([N+](=O)[O-])c1. The third-order valence-corrected chi connectivity index (χ3v) is 8.79. The van der Waals surface area contributed by atoms with E-state index in [0.29, 0.717) is 31.1 Å². The molecule has 5 atom stereocenters. The molecule has 230 valence electrons. The second-order valence-corrected chi connectivity index (χ2v) is 12.9. The molecule has 1 amide bonds. The monoisotopic (exact) mass is 608 g/mol. The van der Waals surface area contributed by atoms with E-state index in [4.69, 9.17) is 9.47 Å². The zero-order chi connectivity index (χ0) is 30.4. The van der Waals surface area contributed by atoms with Gasteiger partial charge in [-0.2, -0.15) is 4.39 Å². The molecule has 2 aromatic carbocycles. The van der Waals surface area contributed by atoms with Crippen LogP contribution in [0.4, 0.5) is 14.9 Å². The molecule has 14 heteroatoms. The molecule has 0 unspecified atom stereocenters. The maximum atomic E-state index is 13.8. The van der Waals surface area contributed by atoms with Crippen LogP contribution in [0.15, 0.2) is 53.4 Å². The van der Waals surface area contributed by atoms with E-state index in [9.17, 15) is 32.8 Å². The van der Waals surface area contributed by atoms with Gasteiger partial charge in [-0.1, -0.05) is 44.2 Å². The number of amides is 1. The van der Waals surface area contributed by atoms with Gasteiger partial charge in [0.1, 0.15) is 6.10 Å². The van der Waals surface area contributed by atoms with Crippen molar-refractivity contribution in [3.63, 3.8) is 0 Å². The summed E-state index contributed by atoms with van der Waals surface area (Å²) in [6.07, 6.45) is 0.372. The smallest absolute Gasteiger partial charge is 0.407 e. The zero-order valence-electron chi connectivity index (χ0n) is 23.5. The Hall–Kier alpha value is -3.17. The number of nitro benzene ring substituents is 1. The minimum absolute atomic E-state index is 0.0583. The molecule has 0 bridgehead atoms. The van der Waals surface area contributed by atoms with E-state index in [1.807, 2.05) is 44.2 Å². The minimum atomic E-state index is -4.38. The standard InChI is InChI=1S/C28H37FN4O8S/c1-18(2)16-32(31-42(38,39)22-8-9-23(29)25(15-22)33(36)37)17-26(34)24(12-19-6-4-3-5-7-19)30-28(35)41-21-13-20-10-11-40-27(20)14-21/h3-9,15,18,20-21,24,26-27,31,34H,10-14,16-17H2,1-2H3,(H,30,35)/t20-,21+,24-,26+,27+/m0/s1. The van der Waals surface area contributed by atoms with Crippen molar-refractivity contribution in [1.82, 2.24) is 15.2 Å². The number of carbonyl (C=O) groups excluding carboxylic acids is 1. The first kappa shape index (κ1) is 31.8. The molecule has 1 saturated carbocycles. The van der Waals surface area contributed by atoms with Gasteiger partial charge in [0.15, 0.2) is 0 Å². The molecule has 42 heavy (non-hydrogen) atoms. The van der Waals surface area contributed by atoms with Gasteiger partial charge in [0.25, 0.3) is 10.0 Å². The first-order valence-corrected chi connectivity index (χ1v) is 15.4. The van der Waals surface area contributed by atoms with Gasteiger partial charge >= 0.3 is 11.8 Å². The molecule has 1 aliphatic carbocycles. The Bertz CT molecular complexity index is 1330. The number of nitro groups is 1. The van der Waals surface area contributed by atoms with Crippen molar-refractivity contribution in [2.75, 3.05) is 19.7 Å². The average molecular weight is 609 g/mol. The fourth-order valence-electron chi connectivity index (χ4n) is 5.47. The van der Waals surface area contributed by atoms with E-state index in [0.717, 1.165) is 24.5 Å². The van der Waals surface area contributed by atoms with Crippen LogP contribution in [-0.2, 0) is 25.9 Å². The summed E-state index contributed by atoms with van der Waals surface area (Å²) in [4.78, 5) is 24.9. The van der Waals surface area contributed by atoms with Gasteiger partial charge in [0.05, 0.1) is 28.1 Å². The van der Waals surface area contributed by atoms with E-state index < -0.39 is 49.6 Å². The second kappa shape index (κ2) is 13.9. The molecule has 0 spiro atoms. The fourth-order valence-corrected chi connectivity index (χ4v) is 6.57. The highest BCUT2D eigenvalue weighted by Gasteiger charge is 2.40. The van der Waals surface area contributed by atoms with Crippen LogP contribution in [0, 0.1) is 27.8 Å². The molecule has 2 aliphatic rings. The molecule has 1 saturated heterocycles. The maximum Gasteiger partial charge on any atom is 0.407 e. The van der Waals surface area contributed by atoms with Crippen LogP contribution >= 0.6 is 0 Å². The van der Waals surface area contributed by atoms with Crippen molar-refractivity contribution in [1.29, 1.82) is 0 Å². The number of hydrogen-bond donors (Lipinski definition) is 3. The number of nitrogens with one attached hydrogen (secondary N) is 2. The summed E-state index contributed by atoms with van der Waals surface area (Å²) in [6, 6.07) is 10.6. The molecule has 3 N–H and O–H groups in total. The van der Waals surface area contributed by atoms with Crippen LogP contribution in [0.5, 0.6) is 0 Å². The van der Waals surface area contributed by atoms with E-state index in [-0.39, 0.29) is 37.6 Å². The summed E-state index contributed by atoms with van der Waals surface area (Å²) < 4.78 is 51.4. The van der Waals surface area contributed by atoms with Gasteiger partial charge in [-0.25, -0.2) is 18.2 Å². The summed E-state index contributed by atoms with van der Waals surface area (Å²) in [5.74, 6) is -0.853. The summed E-state index contributed by atoms with van der Waals surface area (Å²) in [7, 11) is -4.38. The van der Waals surface area contributed by atoms with Gasteiger partial charge in [0.2, 0.25) is 5.82 Å². The predicted octanol–water partition coefficient (Wildman–Crippen LogP) is 3.15. The van der Waals surface area contributed by atoms with E-state index in [2.05, 4.69) is 10.1 Å². The number of aliphatic hydroxyl groups is 1. The number of hydrazine groups is 1. The topological polar surface area (TPSA) is 160 Å². The van der Waals surface area contributed by atoms with E-state index >= 15 is 0 Å². The number of sulfonamides is 1. The predicted molar refractivity (Wildman–Crippen MR) is 150 cm³/mol. The van der Waals surface area contributed by atoms with Crippen LogP contribution in [0.1, 0.15) is 38.7 Å². The summed E-state index contributed by atoms with van der Waals surface area (Å²) >= 11 is 0. The molecule has 1 heterocycles. The van der Waals surface area contributed by atoms with Crippen LogP contribution in [0.2, 0.25) is 0 Å². The third-order valence-electron chi connectivity index (χ3n) is 7.41. The average Bonchev–Trinajstić information content (AvgIpc) is 3.50. The molecule has 2 fully saturated rings. The summed E-state index contributed by atoms with van der Waals surface area (Å²) in [6.45, 7) is 4.32. The molecular formula is C28H37FN4O8S. The maximum absolute atomic E-state index is 13.8. The van der Waals surface area contributed by atoms with E-state index in [1.165, 1.54) is 5.01 Å². The lowest BCUT2D eigenvalue weighted by atomic mass is 10.0. The van der Waals surface area contributed by atoms with Crippen LogP contribution in [0.3, 0.4) is 0 Å². The number of nitrogens with zero attached hydrogens (tertiary/aromatic N) is 2. The number of rotatable bonds is 13. The Labute approximate surface area is 244 Å². The number of carbonyl (C=O) groups is 1. The number of halogens is 1.